The Labute approximate surface area is 328 Å². The number of Topliss-reactive ketones (excluding diaryl/α,β-unsaturated/α-hetero) is 1. The number of ketones is 1. The van der Waals surface area contributed by atoms with Crippen LogP contribution in [0, 0.1) is 29.6 Å². The Kier molecular flexibility index (Phi) is 16.7. The van der Waals surface area contributed by atoms with E-state index < -0.39 is 78.1 Å². The molecular formula is C43H69NO11. The average molecular weight is 776 g/mol. The third-order valence-electron chi connectivity index (χ3n) is 12.7. The van der Waals surface area contributed by atoms with Crippen LogP contribution in [0.15, 0.2) is 36.0 Å². The minimum absolute atomic E-state index is 0.0262. The van der Waals surface area contributed by atoms with E-state index in [0.717, 1.165) is 5.57 Å². The summed E-state index contributed by atoms with van der Waals surface area (Å²) in [6, 6.07) is -1.00. The second kappa shape index (κ2) is 20.3. The zero-order chi connectivity index (χ0) is 40.6. The van der Waals surface area contributed by atoms with Crippen LogP contribution >= 0.6 is 0 Å². The van der Waals surface area contributed by atoms with E-state index >= 15 is 0 Å². The van der Waals surface area contributed by atoms with Crippen LogP contribution in [0.2, 0.25) is 0 Å². The molecule has 3 fully saturated rings. The van der Waals surface area contributed by atoms with Gasteiger partial charge in [0.15, 0.2) is 0 Å². The van der Waals surface area contributed by atoms with Gasteiger partial charge in [-0.15, -0.1) is 6.58 Å². The van der Waals surface area contributed by atoms with Crippen molar-refractivity contribution in [3.8, 4) is 0 Å². The molecule has 0 aromatic carbocycles. The molecule has 2 bridgehead atoms. The zero-order valence-electron chi connectivity index (χ0n) is 34.5. The fourth-order valence-electron chi connectivity index (χ4n) is 9.33. The third kappa shape index (κ3) is 10.9. The molecule has 55 heavy (non-hydrogen) atoms. The Morgan fingerprint density at radius 1 is 0.945 bits per heavy atom. The third-order valence-corrected chi connectivity index (χ3v) is 12.7. The van der Waals surface area contributed by atoms with E-state index in [4.69, 9.17) is 23.7 Å². The Bertz CT molecular complexity index is 1380. The molecule has 1 saturated carbocycles. The van der Waals surface area contributed by atoms with Crippen LogP contribution in [0.1, 0.15) is 105 Å². The number of ether oxygens (including phenoxy) is 5. The van der Waals surface area contributed by atoms with Crippen LogP contribution in [-0.2, 0) is 38.1 Å². The largest absolute Gasteiger partial charge is 0.456 e. The lowest BCUT2D eigenvalue weighted by Crippen LogP contribution is -2.66. The molecule has 1 amide bonds. The van der Waals surface area contributed by atoms with Crippen LogP contribution in [0.5, 0.6) is 0 Å². The van der Waals surface area contributed by atoms with E-state index in [-0.39, 0.29) is 36.7 Å². The highest BCUT2D eigenvalue weighted by Gasteiger charge is 2.56. The molecule has 0 radical (unpaired) electrons. The Balaban J connectivity index is 1.78. The average Bonchev–Trinajstić information content (AvgIpc) is 3.16. The van der Waals surface area contributed by atoms with Crippen molar-refractivity contribution in [1.29, 1.82) is 0 Å². The second-order valence-electron chi connectivity index (χ2n) is 16.9. The minimum Gasteiger partial charge on any atom is -0.456 e. The maximum absolute atomic E-state index is 14.6. The van der Waals surface area contributed by atoms with Crippen molar-refractivity contribution in [3.63, 3.8) is 0 Å². The summed E-state index contributed by atoms with van der Waals surface area (Å²) in [6.45, 7) is 13.6. The van der Waals surface area contributed by atoms with Gasteiger partial charge in [0, 0.05) is 52.0 Å². The molecule has 1 aliphatic carbocycles. The van der Waals surface area contributed by atoms with Gasteiger partial charge in [-0.25, -0.2) is 4.79 Å². The first kappa shape index (κ1) is 45.3. The zero-order valence-corrected chi connectivity index (χ0v) is 34.5. The molecule has 3 aliphatic heterocycles. The predicted octanol–water partition coefficient (Wildman–Crippen LogP) is 5.07. The van der Waals surface area contributed by atoms with Gasteiger partial charge in [-0.3, -0.25) is 9.59 Å². The Morgan fingerprint density at radius 3 is 2.27 bits per heavy atom. The Morgan fingerprint density at radius 2 is 1.62 bits per heavy atom. The number of carbonyl (C=O) groups excluding carboxylic acids is 3. The van der Waals surface area contributed by atoms with Gasteiger partial charge in [0.05, 0.1) is 30.5 Å². The first-order valence-corrected chi connectivity index (χ1v) is 20.4. The summed E-state index contributed by atoms with van der Waals surface area (Å²) in [5.74, 6) is -5.46. The molecule has 2 saturated heterocycles. The summed E-state index contributed by atoms with van der Waals surface area (Å²) in [5.41, 5.74) is 1.70. The fraction of sp³-hybridized carbons (Fsp3) is 0.791. The van der Waals surface area contributed by atoms with E-state index in [0.29, 0.717) is 69.8 Å². The fourth-order valence-corrected chi connectivity index (χ4v) is 9.33. The van der Waals surface area contributed by atoms with Crippen LogP contribution in [0.25, 0.3) is 0 Å². The van der Waals surface area contributed by atoms with E-state index in [1.807, 2.05) is 26.0 Å². The quantitative estimate of drug-likeness (QED) is 0.234. The molecule has 3 heterocycles. The monoisotopic (exact) mass is 775 g/mol. The molecule has 4 rings (SSSR count). The number of esters is 1. The lowest BCUT2D eigenvalue weighted by molar-refractivity contribution is -0.309. The Hall–Kier alpha value is -2.45. The standard InChI is InChI=1S/C43H69NO11/c1-10-13-31-19-25(2)18-26(3)20-37(52-8)40-38(53-9)22-28(5)43(50,55-40)42(49)44-17-12-11-14-32(44)41(48)54-39(29(6)34(46)24-35(31)47)27(4)21-30-15-16-33(45)36(23-30)51-7/h10,19,21,26,28-34,36-40,45-46,50H,1,11-18,20,22-24H2,2-9H3/b25-19+,27-21+. The van der Waals surface area contributed by atoms with Gasteiger partial charge in [0.2, 0.25) is 0 Å². The van der Waals surface area contributed by atoms with Gasteiger partial charge in [-0.05, 0) is 95.5 Å². The molecule has 12 heteroatoms. The predicted molar refractivity (Wildman–Crippen MR) is 208 cm³/mol. The molecule has 3 N–H and O–H groups in total. The van der Waals surface area contributed by atoms with Crippen molar-refractivity contribution in [1.82, 2.24) is 4.90 Å². The van der Waals surface area contributed by atoms with Gasteiger partial charge in [0.25, 0.3) is 11.7 Å². The maximum atomic E-state index is 14.6. The number of aliphatic hydroxyl groups excluding tert-OH is 2. The van der Waals surface area contributed by atoms with Crippen molar-refractivity contribution >= 4 is 17.7 Å². The van der Waals surface area contributed by atoms with Crippen molar-refractivity contribution in [2.75, 3.05) is 27.9 Å². The van der Waals surface area contributed by atoms with E-state index in [9.17, 15) is 29.7 Å². The number of nitrogens with zero attached hydrogens (tertiary/aromatic N) is 1. The van der Waals surface area contributed by atoms with Crippen LogP contribution < -0.4 is 0 Å². The number of allylic oxidation sites excluding steroid dienone is 4. The van der Waals surface area contributed by atoms with Crippen molar-refractivity contribution < 1.29 is 53.4 Å². The van der Waals surface area contributed by atoms with Crippen LogP contribution in [0.4, 0.5) is 0 Å². The van der Waals surface area contributed by atoms with E-state index in [2.05, 4.69) is 13.5 Å². The lowest BCUT2D eigenvalue weighted by atomic mass is 9.81. The topological polar surface area (TPSA) is 161 Å². The second-order valence-corrected chi connectivity index (χ2v) is 16.9. The van der Waals surface area contributed by atoms with Gasteiger partial charge in [-0.2, -0.15) is 0 Å². The molecule has 14 atom stereocenters. The number of piperidine rings is 1. The molecule has 0 aromatic heterocycles. The number of fused-ring (bicyclic) bond motifs is 3. The molecule has 0 aromatic rings. The molecular weight excluding hydrogens is 706 g/mol. The summed E-state index contributed by atoms with van der Waals surface area (Å²) in [7, 11) is 4.74. The first-order chi connectivity index (χ1) is 26.1. The number of hydrogen-bond acceptors (Lipinski definition) is 11. The lowest BCUT2D eigenvalue weighted by Gasteiger charge is -2.49. The molecule has 14 unspecified atom stereocenters. The molecule has 12 nitrogen and oxygen atoms in total. The number of aliphatic hydroxyl groups is 3. The minimum atomic E-state index is -2.24. The summed E-state index contributed by atoms with van der Waals surface area (Å²) in [6.07, 6.45) is 6.20. The normalized spacial score (nSPS) is 41.8. The molecule has 0 spiro atoms. The highest BCUT2D eigenvalue weighted by molar-refractivity contribution is 5.89. The van der Waals surface area contributed by atoms with Crippen LogP contribution in [-0.4, -0.2) is 120 Å². The number of cyclic esters (lactones) is 1. The summed E-state index contributed by atoms with van der Waals surface area (Å²) in [4.78, 5) is 44.2. The first-order valence-electron chi connectivity index (χ1n) is 20.4. The molecule has 4 aliphatic rings. The van der Waals surface area contributed by atoms with Crippen molar-refractivity contribution in [2.24, 2.45) is 29.6 Å². The van der Waals surface area contributed by atoms with E-state index in [1.54, 1.807) is 41.3 Å². The number of amides is 1. The van der Waals surface area contributed by atoms with Gasteiger partial charge >= 0.3 is 5.97 Å². The summed E-state index contributed by atoms with van der Waals surface area (Å²) < 4.78 is 30.1. The number of rotatable bonds is 7. The number of hydrogen-bond donors (Lipinski definition) is 3. The van der Waals surface area contributed by atoms with E-state index in [1.165, 1.54) is 4.90 Å². The SMILES string of the molecule is C=CCC1/C=C(\C)CC(C)CC(OC)C2OC(O)(C(=O)N3CCCCC3C(=O)OC(/C(C)=C/C3CCC(O)C(OC)C3)C(C)C(O)CC1=O)C(C)CC2OC. The maximum Gasteiger partial charge on any atom is 0.329 e. The highest BCUT2D eigenvalue weighted by Crippen LogP contribution is 2.40. The van der Waals surface area contributed by atoms with Crippen LogP contribution in [0.3, 0.4) is 0 Å². The molecule has 312 valence electrons. The van der Waals surface area contributed by atoms with Gasteiger partial charge in [0.1, 0.15) is 24.0 Å². The number of carbonyl (C=O) groups is 3. The van der Waals surface area contributed by atoms with Gasteiger partial charge < -0.3 is 43.9 Å². The smallest absolute Gasteiger partial charge is 0.329 e. The number of methoxy groups -OCH3 is 3. The van der Waals surface area contributed by atoms with Crippen molar-refractivity contribution in [2.45, 2.75) is 160 Å². The summed E-state index contributed by atoms with van der Waals surface area (Å²) in [5, 5.41) is 34.3. The van der Waals surface area contributed by atoms with Crippen molar-refractivity contribution in [3.05, 3.63) is 36.0 Å². The summed E-state index contributed by atoms with van der Waals surface area (Å²) >= 11 is 0. The highest BCUT2D eigenvalue weighted by atomic mass is 16.7. The van der Waals surface area contributed by atoms with Gasteiger partial charge in [-0.1, -0.05) is 44.6 Å².